The van der Waals surface area contributed by atoms with Gasteiger partial charge in [0.05, 0.1) is 6.61 Å². The molecule has 4 heteroatoms. The molecule has 0 aromatic heterocycles. The first-order valence-corrected chi connectivity index (χ1v) is 8.45. The van der Waals surface area contributed by atoms with Gasteiger partial charge in [0.25, 0.3) is 0 Å². The number of carbonyl (C=O) groups is 2. The van der Waals surface area contributed by atoms with Gasteiger partial charge in [0.15, 0.2) is 6.10 Å². The molecule has 0 aliphatic carbocycles. The minimum atomic E-state index is -0.349. The zero-order valence-corrected chi connectivity index (χ0v) is 15.5. The average molecular weight is 324 g/mol. The summed E-state index contributed by atoms with van der Waals surface area (Å²) in [7, 11) is 0. The van der Waals surface area contributed by atoms with Crippen LogP contribution in [0.15, 0.2) is 0 Å². The second-order valence-corrected chi connectivity index (χ2v) is 7.19. The minimum absolute atomic E-state index is 0.217. The Morgan fingerprint density at radius 3 is 2.26 bits per heavy atom. The molecule has 0 bridgehead atoms. The summed E-state index contributed by atoms with van der Waals surface area (Å²) in [5.74, 6) is 5.34. The second-order valence-electron chi connectivity index (χ2n) is 7.19. The van der Waals surface area contributed by atoms with E-state index in [1.165, 1.54) is 0 Å². The van der Waals surface area contributed by atoms with Gasteiger partial charge in [-0.05, 0) is 37.5 Å². The molecule has 0 fully saturated rings. The molecule has 0 aliphatic rings. The van der Waals surface area contributed by atoms with Gasteiger partial charge in [-0.2, -0.15) is 0 Å². The van der Waals surface area contributed by atoms with Crippen LogP contribution in [0.3, 0.4) is 0 Å². The summed E-state index contributed by atoms with van der Waals surface area (Å²) in [6.45, 7) is 12.7. The second kappa shape index (κ2) is 11.1. The molecule has 132 valence electrons. The van der Waals surface area contributed by atoms with Gasteiger partial charge in [-0.1, -0.05) is 40.5 Å². The summed E-state index contributed by atoms with van der Waals surface area (Å²) >= 11 is 0. The molecule has 2 atom stereocenters. The number of hydrogen-bond donors (Lipinski definition) is 0. The van der Waals surface area contributed by atoms with Crippen molar-refractivity contribution in [1.82, 2.24) is 0 Å². The Morgan fingerprint density at radius 2 is 1.74 bits per heavy atom. The Morgan fingerprint density at radius 1 is 1.13 bits per heavy atom. The lowest BCUT2D eigenvalue weighted by atomic mass is 9.86. The number of esters is 2. The Bertz CT molecular complexity index is 423. The smallest absolute Gasteiger partial charge is 0.307 e. The van der Waals surface area contributed by atoms with Crippen molar-refractivity contribution in [2.45, 2.75) is 79.8 Å². The fraction of sp³-hybridized carbons (Fsp3) is 0.789. The molecule has 0 radical (unpaired) electrons. The van der Waals surface area contributed by atoms with E-state index >= 15 is 0 Å². The topological polar surface area (TPSA) is 52.6 Å². The van der Waals surface area contributed by atoms with E-state index in [-0.39, 0.29) is 36.3 Å². The van der Waals surface area contributed by atoms with E-state index in [0.717, 1.165) is 6.42 Å². The molecule has 23 heavy (non-hydrogen) atoms. The molecular formula is C19H32O4. The van der Waals surface area contributed by atoms with Crippen LogP contribution in [-0.2, 0) is 19.1 Å². The van der Waals surface area contributed by atoms with Gasteiger partial charge in [-0.25, -0.2) is 0 Å². The Labute approximate surface area is 141 Å². The molecule has 0 aliphatic heterocycles. The normalized spacial score (nSPS) is 13.5. The van der Waals surface area contributed by atoms with Crippen molar-refractivity contribution in [3.63, 3.8) is 0 Å². The van der Waals surface area contributed by atoms with E-state index in [9.17, 15) is 9.59 Å². The molecule has 4 nitrogen and oxygen atoms in total. The van der Waals surface area contributed by atoms with Crippen LogP contribution in [-0.4, -0.2) is 24.6 Å². The van der Waals surface area contributed by atoms with E-state index in [1.54, 1.807) is 6.92 Å². The Kier molecular flexibility index (Phi) is 10.4. The first-order chi connectivity index (χ1) is 10.7. The Hall–Kier alpha value is -1.50. The predicted octanol–water partition coefficient (Wildman–Crippen LogP) is 4.12. The standard InChI is InChI=1S/C19H32O4/c1-7-10-16(8-2)23-18(21)12-9-11-17(20)22-14-15(3)13-19(4,5)6/h15-16H,8-9,11-14H2,1-6H3. The fourth-order valence-electron chi connectivity index (χ4n) is 2.38. The van der Waals surface area contributed by atoms with Gasteiger partial charge in [0, 0.05) is 12.8 Å². The summed E-state index contributed by atoms with van der Waals surface area (Å²) in [4.78, 5) is 23.3. The molecule has 0 rings (SSSR count). The van der Waals surface area contributed by atoms with Crippen LogP contribution in [0.1, 0.15) is 73.6 Å². The van der Waals surface area contributed by atoms with E-state index in [1.807, 2.05) is 6.92 Å². The lowest BCUT2D eigenvalue weighted by Crippen LogP contribution is -2.18. The number of hydrogen-bond acceptors (Lipinski definition) is 4. The van der Waals surface area contributed by atoms with Crippen LogP contribution in [0.5, 0.6) is 0 Å². The summed E-state index contributed by atoms with van der Waals surface area (Å²) in [5, 5.41) is 0. The molecule has 0 saturated carbocycles. The van der Waals surface area contributed by atoms with Crippen LogP contribution >= 0.6 is 0 Å². The van der Waals surface area contributed by atoms with Crippen LogP contribution in [0.25, 0.3) is 0 Å². The highest BCUT2D eigenvalue weighted by Gasteiger charge is 2.17. The van der Waals surface area contributed by atoms with Crippen LogP contribution in [0.2, 0.25) is 0 Å². The first-order valence-electron chi connectivity index (χ1n) is 8.45. The third kappa shape index (κ3) is 12.7. The van der Waals surface area contributed by atoms with Crippen LogP contribution in [0, 0.1) is 23.2 Å². The molecule has 0 saturated heterocycles. The highest BCUT2D eigenvalue weighted by Crippen LogP contribution is 2.24. The first kappa shape index (κ1) is 21.5. The third-order valence-electron chi connectivity index (χ3n) is 3.20. The molecule has 0 aromatic rings. The molecule has 0 N–H and O–H groups in total. The maximum Gasteiger partial charge on any atom is 0.307 e. The molecule has 0 spiro atoms. The van der Waals surface area contributed by atoms with Crippen molar-refractivity contribution in [2.75, 3.05) is 6.61 Å². The zero-order valence-electron chi connectivity index (χ0n) is 15.5. The highest BCUT2D eigenvalue weighted by atomic mass is 16.5. The van der Waals surface area contributed by atoms with Gasteiger partial charge in [-0.3, -0.25) is 9.59 Å². The van der Waals surface area contributed by atoms with Gasteiger partial charge in [0.2, 0.25) is 0 Å². The van der Waals surface area contributed by atoms with E-state index in [4.69, 9.17) is 9.47 Å². The maximum absolute atomic E-state index is 11.7. The third-order valence-corrected chi connectivity index (χ3v) is 3.20. The van der Waals surface area contributed by atoms with Crippen molar-refractivity contribution in [3.8, 4) is 11.8 Å². The summed E-state index contributed by atoms with van der Waals surface area (Å²) < 4.78 is 10.5. The quantitative estimate of drug-likeness (QED) is 0.473. The lowest BCUT2D eigenvalue weighted by molar-refractivity contribution is -0.147. The average Bonchev–Trinajstić information content (AvgIpc) is 2.42. The molecular weight excluding hydrogens is 292 g/mol. The summed E-state index contributed by atoms with van der Waals surface area (Å²) in [5.41, 5.74) is 0.229. The van der Waals surface area contributed by atoms with Crippen molar-refractivity contribution in [3.05, 3.63) is 0 Å². The Balaban J connectivity index is 3.89. The van der Waals surface area contributed by atoms with Gasteiger partial charge < -0.3 is 9.47 Å². The number of rotatable bonds is 9. The van der Waals surface area contributed by atoms with Gasteiger partial charge >= 0.3 is 11.9 Å². The highest BCUT2D eigenvalue weighted by molar-refractivity contribution is 5.72. The van der Waals surface area contributed by atoms with Crippen molar-refractivity contribution in [1.29, 1.82) is 0 Å². The minimum Gasteiger partial charge on any atom is -0.465 e. The van der Waals surface area contributed by atoms with Gasteiger partial charge in [0.1, 0.15) is 0 Å². The van der Waals surface area contributed by atoms with Gasteiger partial charge in [-0.15, -0.1) is 5.92 Å². The maximum atomic E-state index is 11.7. The van der Waals surface area contributed by atoms with E-state index < -0.39 is 0 Å². The van der Waals surface area contributed by atoms with Crippen LogP contribution in [0.4, 0.5) is 0 Å². The van der Waals surface area contributed by atoms with E-state index in [0.29, 0.717) is 25.4 Å². The lowest BCUT2D eigenvalue weighted by Gasteiger charge is -2.22. The van der Waals surface area contributed by atoms with Crippen LogP contribution < -0.4 is 0 Å². The fourth-order valence-corrected chi connectivity index (χ4v) is 2.38. The molecule has 2 unspecified atom stereocenters. The molecule has 0 amide bonds. The SMILES string of the molecule is CC#CC(CC)OC(=O)CCCC(=O)OCC(C)CC(C)(C)C. The van der Waals surface area contributed by atoms with Crippen molar-refractivity contribution in [2.24, 2.45) is 11.3 Å². The summed E-state index contributed by atoms with van der Waals surface area (Å²) in [6, 6.07) is 0. The number of ether oxygens (including phenoxy) is 2. The summed E-state index contributed by atoms with van der Waals surface area (Å²) in [6.07, 6.45) is 2.23. The zero-order chi connectivity index (χ0) is 17.9. The monoisotopic (exact) mass is 324 g/mol. The largest absolute Gasteiger partial charge is 0.465 e. The van der Waals surface area contributed by atoms with Crippen molar-refractivity contribution >= 4 is 11.9 Å². The molecule has 0 heterocycles. The molecule has 0 aromatic carbocycles. The van der Waals surface area contributed by atoms with Crippen molar-refractivity contribution < 1.29 is 19.1 Å². The predicted molar refractivity (Wildman–Crippen MR) is 91.7 cm³/mol. The van der Waals surface area contributed by atoms with E-state index in [2.05, 4.69) is 39.5 Å². The number of carbonyl (C=O) groups excluding carboxylic acids is 2.